The van der Waals surface area contributed by atoms with Crippen LogP contribution in [0.3, 0.4) is 0 Å². The van der Waals surface area contributed by atoms with Crippen LogP contribution < -0.4 is 5.32 Å². The highest BCUT2D eigenvalue weighted by molar-refractivity contribution is 4.88. The fourth-order valence-corrected chi connectivity index (χ4v) is 1.51. The third-order valence-electron chi connectivity index (χ3n) is 2.54. The maximum Gasteiger partial charge on any atom is 0.0974 e. The first-order valence-electron chi connectivity index (χ1n) is 4.06. The van der Waals surface area contributed by atoms with Crippen LogP contribution in [0.15, 0.2) is 0 Å². The third kappa shape index (κ3) is 1.18. The minimum atomic E-state index is 0.125. The molecule has 60 valence electrons. The highest BCUT2D eigenvalue weighted by Crippen LogP contribution is 2.27. The van der Waals surface area contributed by atoms with Crippen LogP contribution in [0, 0.1) is 5.92 Å². The zero-order chi connectivity index (χ0) is 7.61. The fourth-order valence-electron chi connectivity index (χ4n) is 1.51. The molecule has 1 aliphatic heterocycles. The molecule has 1 aliphatic rings. The van der Waals surface area contributed by atoms with Crippen LogP contribution in [-0.4, -0.2) is 18.9 Å². The Hall–Kier alpha value is -0.0800. The van der Waals surface area contributed by atoms with E-state index in [9.17, 15) is 0 Å². The predicted octanol–water partition coefficient (Wildman–Crippen LogP) is 1.37. The van der Waals surface area contributed by atoms with E-state index in [4.69, 9.17) is 4.74 Å². The zero-order valence-corrected chi connectivity index (χ0v) is 7.11. The highest BCUT2D eigenvalue weighted by atomic mass is 16.5. The second kappa shape index (κ2) is 2.89. The summed E-state index contributed by atoms with van der Waals surface area (Å²) in [5.41, 5.74) is 0.125. The average molecular weight is 143 g/mol. The lowest BCUT2D eigenvalue weighted by atomic mass is 9.88. The van der Waals surface area contributed by atoms with Gasteiger partial charge in [-0.1, -0.05) is 20.8 Å². The first kappa shape index (κ1) is 8.02. The van der Waals surface area contributed by atoms with E-state index in [1.165, 1.54) is 0 Å². The Morgan fingerprint density at radius 2 is 2.30 bits per heavy atom. The molecule has 1 heterocycles. The van der Waals surface area contributed by atoms with Gasteiger partial charge in [-0.15, -0.1) is 0 Å². The molecule has 1 fully saturated rings. The van der Waals surface area contributed by atoms with Gasteiger partial charge in [0.15, 0.2) is 0 Å². The standard InChI is InChI=1S/C8H17NO/c1-4-8(7(2)3)5-9-6-10-8/h7,9H,4-6H2,1-3H3. The number of nitrogens with one attached hydrogen (secondary N) is 1. The number of ether oxygens (including phenoxy) is 1. The Kier molecular flexibility index (Phi) is 2.32. The minimum Gasteiger partial charge on any atom is -0.358 e. The molecular formula is C8H17NO. The van der Waals surface area contributed by atoms with Gasteiger partial charge in [-0.2, -0.15) is 0 Å². The first-order valence-corrected chi connectivity index (χ1v) is 4.06. The van der Waals surface area contributed by atoms with Crippen LogP contribution in [-0.2, 0) is 4.74 Å². The van der Waals surface area contributed by atoms with Crippen molar-refractivity contribution in [3.8, 4) is 0 Å². The molecule has 0 aromatic heterocycles. The molecule has 0 saturated carbocycles. The summed E-state index contributed by atoms with van der Waals surface area (Å²) in [4.78, 5) is 0. The summed E-state index contributed by atoms with van der Waals surface area (Å²) in [6, 6.07) is 0. The molecule has 0 aromatic rings. The van der Waals surface area contributed by atoms with E-state index in [0.29, 0.717) is 5.92 Å². The van der Waals surface area contributed by atoms with Gasteiger partial charge < -0.3 is 4.74 Å². The molecule has 0 bridgehead atoms. The van der Waals surface area contributed by atoms with Crippen LogP contribution in [0.5, 0.6) is 0 Å². The van der Waals surface area contributed by atoms with Gasteiger partial charge >= 0.3 is 0 Å². The van der Waals surface area contributed by atoms with Crippen molar-refractivity contribution < 1.29 is 4.74 Å². The van der Waals surface area contributed by atoms with Gasteiger partial charge in [-0.05, 0) is 12.3 Å². The molecule has 0 amide bonds. The highest BCUT2D eigenvalue weighted by Gasteiger charge is 2.36. The van der Waals surface area contributed by atoms with Gasteiger partial charge in [0.05, 0.1) is 12.3 Å². The third-order valence-corrected chi connectivity index (χ3v) is 2.54. The molecule has 1 N–H and O–H groups in total. The number of hydrogen-bond acceptors (Lipinski definition) is 2. The Labute approximate surface area is 63.0 Å². The summed E-state index contributed by atoms with van der Waals surface area (Å²) in [6.07, 6.45) is 1.11. The maximum absolute atomic E-state index is 5.64. The van der Waals surface area contributed by atoms with Crippen LogP contribution in [0.2, 0.25) is 0 Å². The summed E-state index contributed by atoms with van der Waals surface area (Å²) in [5.74, 6) is 0.618. The van der Waals surface area contributed by atoms with Crippen molar-refractivity contribution in [2.75, 3.05) is 13.3 Å². The molecule has 0 aromatic carbocycles. The van der Waals surface area contributed by atoms with Gasteiger partial charge in [0.2, 0.25) is 0 Å². The molecule has 1 saturated heterocycles. The van der Waals surface area contributed by atoms with Crippen molar-refractivity contribution in [3.05, 3.63) is 0 Å². The topological polar surface area (TPSA) is 21.3 Å². The lowest BCUT2D eigenvalue weighted by Gasteiger charge is -2.30. The second-order valence-corrected chi connectivity index (χ2v) is 3.29. The van der Waals surface area contributed by atoms with Gasteiger partial charge in [0, 0.05) is 6.54 Å². The van der Waals surface area contributed by atoms with Gasteiger partial charge in [-0.3, -0.25) is 5.32 Å². The molecular weight excluding hydrogens is 126 g/mol. The summed E-state index contributed by atoms with van der Waals surface area (Å²) < 4.78 is 5.64. The summed E-state index contributed by atoms with van der Waals surface area (Å²) in [7, 11) is 0. The Balaban J connectivity index is 2.58. The monoisotopic (exact) mass is 143 g/mol. The molecule has 10 heavy (non-hydrogen) atoms. The summed E-state index contributed by atoms with van der Waals surface area (Å²) in [6.45, 7) is 8.37. The molecule has 1 atom stereocenters. The second-order valence-electron chi connectivity index (χ2n) is 3.29. The van der Waals surface area contributed by atoms with E-state index < -0.39 is 0 Å². The van der Waals surface area contributed by atoms with E-state index in [0.717, 1.165) is 19.7 Å². The average Bonchev–Trinajstić information content (AvgIpc) is 2.35. The molecule has 1 unspecified atom stereocenters. The van der Waals surface area contributed by atoms with Gasteiger partial charge in [0.25, 0.3) is 0 Å². The normalized spacial score (nSPS) is 33.6. The lowest BCUT2D eigenvalue weighted by molar-refractivity contribution is -0.0282. The van der Waals surface area contributed by atoms with Gasteiger partial charge in [-0.25, -0.2) is 0 Å². The van der Waals surface area contributed by atoms with Crippen molar-refractivity contribution in [2.24, 2.45) is 5.92 Å². The van der Waals surface area contributed by atoms with E-state index in [1.54, 1.807) is 0 Å². The van der Waals surface area contributed by atoms with Gasteiger partial charge in [0.1, 0.15) is 0 Å². The van der Waals surface area contributed by atoms with Crippen molar-refractivity contribution in [3.63, 3.8) is 0 Å². The SMILES string of the molecule is CCC1(C(C)C)CNCO1. The predicted molar refractivity (Wildman–Crippen MR) is 41.8 cm³/mol. The van der Waals surface area contributed by atoms with Crippen LogP contribution >= 0.6 is 0 Å². The molecule has 0 spiro atoms. The smallest absolute Gasteiger partial charge is 0.0974 e. The lowest BCUT2D eigenvalue weighted by Crippen LogP contribution is -2.38. The molecule has 2 heteroatoms. The Morgan fingerprint density at radius 3 is 2.50 bits per heavy atom. The molecule has 1 rings (SSSR count). The molecule has 0 aliphatic carbocycles. The first-order chi connectivity index (χ1) is 4.71. The number of rotatable bonds is 2. The van der Waals surface area contributed by atoms with Crippen molar-refractivity contribution in [1.29, 1.82) is 0 Å². The molecule has 0 radical (unpaired) electrons. The van der Waals surface area contributed by atoms with Crippen LogP contribution in [0.4, 0.5) is 0 Å². The number of hydrogen-bond donors (Lipinski definition) is 1. The van der Waals surface area contributed by atoms with E-state index in [2.05, 4.69) is 26.1 Å². The molecule has 2 nitrogen and oxygen atoms in total. The van der Waals surface area contributed by atoms with E-state index in [-0.39, 0.29) is 5.60 Å². The van der Waals surface area contributed by atoms with Crippen LogP contribution in [0.1, 0.15) is 27.2 Å². The largest absolute Gasteiger partial charge is 0.358 e. The van der Waals surface area contributed by atoms with Crippen molar-refractivity contribution >= 4 is 0 Å². The fraction of sp³-hybridized carbons (Fsp3) is 1.00. The minimum absolute atomic E-state index is 0.125. The summed E-state index contributed by atoms with van der Waals surface area (Å²) >= 11 is 0. The maximum atomic E-state index is 5.64. The van der Waals surface area contributed by atoms with Crippen molar-refractivity contribution in [1.82, 2.24) is 5.32 Å². The quantitative estimate of drug-likeness (QED) is 0.630. The van der Waals surface area contributed by atoms with Crippen molar-refractivity contribution in [2.45, 2.75) is 32.8 Å². The Morgan fingerprint density at radius 1 is 1.60 bits per heavy atom. The van der Waals surface area contributed by atoms with E-state index >= 15 is 0 Å². The Bertz CT molecular complexity index is 106. The van der Waals surface area contributed by atoms with Crippen LogP contribution in [0.25, 0.3) is 0 Å². The summed E-state index contributed by atoms with van der Waals surface area (Å²) in [5, 5.41) is 3.22. The van der Waals surface area contributed by atoms with E-state index in [1.807, 2.05) is 0 Å². The zero-order valence-electron chi connectivity index (χ0n) is 7.11.